The first-order valence-electron chi connectivity index (χ1n) is 9.88. The van der Waals surface area contributed by atoms with Gasteiger partial charge in [0, 0.05) is 22.3 Å². The number of anilines is 2. The normalized spacial score (nSPS) is 13.6. The summed E-state index contributed by atoms with van der Waals surface area (Å²) in [6, 6.07) is 19.2. The first-order chi connectivity index (χ1) is 15.4. The van der Waals surface area contributed by atoms with Crippen molar-refractivity contribution in [2.24, 2.45) is 0 Å². The highest BCUT2D eigenvalue weighted by Gasteiger charge is 2.41. The number of hydrogen-bond donors (Lipinski definition) is 1. The van der Waals surface area contributed by atoms with E-state index in [4.69, 9.17) is 21.1 Å². The number of ether oxygens (including phenoxy) is 2. The Morgan fingerprint density at radius 2 is 1.66 bits per heavy atom. The number of rotatable bonds is 6. The Hall–Kier alpha value is -3.77. The number of para-hydroxylation sites is 1. The van der Waals surface area contributed by atoms with E-state index in [1.54, 1.807) is 60.7 Å². The summed E-state index contributed by atoms with van der Waals surface area (Å²) < 4.78 is 10.7. The van der Waals surface area contributed by atoms with Crippen LogP contribution in [0.2, 0.25) is 5.02 Å². The van der Waals surface area contributed by atoms with Crippen molar-refractivity contribution in [1.29, 1.82) is 0 Å². The molecule has 1 heterocycles. The van der Waals surface area contributed by atoms with Crippen LogP contribution in [0.3, 0.4) is 0 Å². The molecule has 1 aliphatic heterocycles. The lowest BCUT2D eigenvalue weighted by molar-refractivity contribution is -0.120. The van der Waals surface area contributed by atoms with Gasteiger partial charge in [-0.2, -0.15) is 0 Å². The van der Waals surface area contributed by atoms with E-state index in [1.165, 1.54) is 14.2 Å². The van der Waals surface area contributed by atoms with Crippen molar-refractivity contribution < 1.29 is 19.1 Å². The minimum absolute atomic E-state index is 0.146. The van der Waals surface area contributed by atoms with Crippen molar-refractivity contribution in [3.05, 3.63) is 88.6 Å². The van der Waals surface area contributed by atoms with Gasteiger partial charge in [-0.3, -0.25) is 9.59 Å². The molecule has 0 unspecified atom stereocenters. The van der Waals surface area contributed by atoms with Crippen molar-refractivity contribution in [2.75, 3.05) is 24.4 Å². The number of carbonyl (C=O) groups is 2. The summed E-state index contributed by atoms with van der Waals surface area (Å²) in [5.41, 5.74) is 2.80. The lowest BCUT2D eigenvalue weighted by Crippen LogP contribution is -2.32. The highest BCUT2D eigenvalue weighted by Crippen LogP contribution is 2.38. The molecule has 0 saturated carbocycles. The molecule has 0 bridgehead atoms. The molecule has 3 aromatic rings. The van der Waals surface area contributed by atoms with Gasteiger partial charge in [0.1, 0.15) is 17.2 Å². The van der Waals surface area contributed by atoms with Gasteiger partial charge in [0.15, 0.2) is 0 Å². The predicted molar refractivity (Wildman–Crippen MR) is 125 cm³/mol. The molecule has 32 heavy (non-hydrogen) atoms. The Balaban J connectivity index is 1.89. The maximum absolute atomic E-state index is 13.6. The topological polar surface area (TPSA) is 67.9 Å². The van der Waals surface area contributed by atoms with Crippen LogP contribution in [0.25, 0.3) is 5.57 Å². The van der Waals surface area contributed by atoms with E-state index in [0.717, 1.165) is 10.5 Å². The Kier molecular flexibility index (Phi) is 5.88. The van der Waals surface area contributed by atoms with Crippen LogP contribution in [0.5, 0.6) is 11.5 Å². The van der Waals surface area contributed by atoms with Gasteiger partial charge < -0.3 is 14.8 Å². The van der Waals surface area contributed by atoms with Crippen LogP contribution in [-0.2, 0) is 9.59 Å². The molecule has 2 amide bonds. The largest absolute Gasteiger partial charge is 0.497 e. The van der Waals surface area contributed by atoms with Crippen molar-refractivity contribution in [3.63, 3.8) is 0 Å². The molecule has 3 aromatic carbocycles. The number of methoxy groups -OCH3 is 2. The van der Waals surface area contributed by atoms with Crippen molar-refractivity contribution in [1.82, 2.24) is 0 Å². The van der Waals surface area contributed by atoms with Crippen LogP contribution < -0.4 is 19.7 Å². The highest BCUT2D eigenvalue weighted by molar-refractivity contribution is 6.46. The average Bonchev–Trinajstić information content (AvgIpc) is 3.05. The van der Waals surface area contributed by atoms with E-state index in [9.17, 15) is 9.59 Å². The number of carbonyl (C=O) groups excluding carboxylic acids is 2. The summed E-state index contributed by atoms with van der Waals surface area (Å²) in [4.78, 5) is 28.3. The molecular weight excluding hydrogens is 428 g/mol. The number of nitrogens with zero attached hydrogens (tertiary/aromatic N) is 1. The molecule has 0 atom stereocenters. The van der Waals surface area contributed by atoms with E-state index >= 15 is 0 Å². The molecule has 1 aliphatic rings. The Bertz CT molecular complexity index is 1250. The second kappa shape index (κ2) is 8.77. The Morgan fingerprint density at radius 3 is 2.41 bits per heavy atom. The van der Waals surface area contributed by atoms with Crippen LogP contribution in [-0.4, -0.2) is 26.0 Å². The third kappa shape index (κ3) is 3.81. The fraction of sp³-hybridized carbons (Fsp3) is 0.120. The number of benzene rings is 3. The third-order valence-electron chi connectivity index (χ3n) is 5.23. The van der Waals surface area contributed by atoms with Gasteiger partial charge >= 0.3 is 0 Å². The van der Waals surface area contributed by atoms with E-state index in [-0.39, 0.29) is 11.3 Å². The first-order valence-corrected chi connectivity index (χ1v) is 10.3. The highest BCUT2D eigenvalue weighted by atomic mass is 35.5. The second-order valence-corrected chi connectivity index (χ2v) is 7.62. The Labute approximate surface area is 191 Å². The summed E-state index contributed by atoms with van der Waals surface area (Å²) in [7, 11) is 3.05. The van der Waals surface area contributed by atoms with Crippen LogP contribution in [0.1, 0.15) is 11.1 Å². The van der Waals surface area contributed by atoms with Gasteiger partial charge in [-0.1, -0.05) is 41.9 Å². The van der Waals surface area contributed by atoms with Crippen molar-refractivity contribution in [3.8, 4) is 11.5 Å². The minimum Gasteiger partial charge on any atom is -0.497 e. The van der Waals surface area contributed by atoms with Gasteiger partial charge in [0.05, 0.1) is 25.5 Å². The zero-order valence-electron chi connectivity index (χ0n) is 17.8. The molecule has 0 aliphatic carbocycles. The Morgan fingerprint density at radius 1 is 0.875 bits per heavy atom. The number of nitrogens with one attached hydrogen (secondary N) is 1. The van der Waals surface area contributed by atoms with Crippen molar-refractivity contribution >= 4 is 40.4 Å². The zero-order chi connectivity index (χ0) is 22.8. The standard InChI is InChI=1S/C25H21ClN2O4/c1-15-11-12-16(26)13-20(15)27-23-22(19-9-4-5-10-21(19)32-3)24(29)28(25(23)30)17-7-6-8-18(14-17)31-2/h4-14,27H,1-3H3. The molecular formula is C25H21ClN2O4. The number of aryl methyl sites for hydroxylation is 1. The first kappa shape index (κ1) is 21.5. The lowest BCUT2D eigenvalue weighted by Gasteiger charge is -2.16. The summed E-state index contributed by atoms with van der Waals surface area (Å²) in [5.74, 6) is 0.0748. The van der Waals surface area contributed by atoms with E-state index in [1.807, 2.05) is 13.0 Å². The van der Waals surface area contributed by atoms with Crippen LogP contribution in [0.4, 0.5) is 11.4 Å². The second-order valence-electron chi connectivity index (χ2n) is 7.18. The summed E-state index contributed by atoms with van der Waals surface area (Å²) in [5, 5.41) is 3.67. The van der Waals surface area contributed by atoms with Gasteiger partial charge in [-0.05, 0) is 42.8 Å². The smallest absolute Gasteiger partial charge is 0.282 e. The summed E-state index contributed by atoms with van der Waals surface area (Å²) in [6.45, 7) is 1.89. The number of hydrogen-bond acceptors (Lipinski definition) is 5. The third-order valence-corrected chi connectivity index (χ3v) is 5.47. The molecule has 0 fully saturated rings. The maximum atomic E-state index is 13.6. The monoisotopic (exact) mass is 448 g/mol. The SMILES string of the molecule is COc1cccc(N2C(=O)C(Nc3cc(Cl)ccc3C)=C(c3ccccc3OC)C2=O)c1. The molecule has 1 N–H and O–H groups in total. The molecule has 6 nitrogen and oxygen atoms in total. The number of amides is 2. The molecule has 0 radical (unpaired) electrons. The summed E-state index contributed by atoms with van der Waals surface area (Å²) >= 11 is 6.17. The van der Waals surface area contributed by atoms with Crippen molar-refractivity contribution in [2.45, 2.75) is 6.92 Å². The van der Waals surface area contributed by atoms with E-state index < -0.39 is 11.8 Å². The van der Waals surface area contributed by atoms with Crippen LogP contribution >= 0.6 is 11.6 Å². The van der Waals surface area contributed by atoms with Crippen LogP contribution in [0.15, 0.2) is 72.4 Å². The predicted octanol–water partition coefficient (Wildman–Crippen LogP) is 5.06. The minimum atomic E-state index is -0.483. The van der Waals surface area contributed by atoms with Gasteiger partial charge in [0.25, 0.3) is 11.8 Å². The van der Waals surface area contributed by atoms with Gasteiger partial charge in [-0.25, -0.2) is 4.90 Å². The van der Waals surface area contributed by atoms with E-state index in [2.05, 4.69) is 5.32 Å². The zero-order valence-corrected chi connectivity index (χ0v) is 18.6. The quantitative estimate of drug-likeness (QED) is 0.534. The fourth-order valence-electron chi connectivity index (χ4n) is 3.59. The lowest BCUT2D eigenvalue weighted by atomic mass is 10.0. The maximum Gasteiger partial charge on any atom is 0.282 e. The number of halogens is 1. The summed E-state index contributed by atoms with van der Waals surface area (Å²) in [6.07, 6.45) is 0. The molecule has 162 valence electrons. The molecule has 0 aromatic heterocycles. The average molecular weight is 449 g/mol. The van der Waals surface area contributed by atoms with E-state index in [0.29, 0.717) is 33.5 Å². The molecule has 0 saturated heterocycles. The van der Waals surface area contributed by atoms with Gasteiger partial charge in [-0.15, -0.1) is 0 Å². The molecule has 4 rings (SSSR count). The molecule has 7 heteroatoms. The fourth-order valence-corrected chi connectivity index (χ4v) is 3.77. The van der Waals surface area contributed by atoms with Gasteiger partial charge in [0.2, 0.25) is 0 Å². The van der Waals surface area contributed by atoms with Crippen LogP contribution in [0, 0.1) is 6.92 Å². The number of imide groups is 1. The molecule has 0 spiro atoms.